The van der Waals surface area contributed by atoms with Crippen LogP contribution in [-0.2, 0) is 25.5 Å². The summed E-state index contributed by atoms with van der Waals surface area (Å²) in [5.74, 6) is 1.20. The molecule has 1 unspecified atom stereocenters. The molecule has 362 valence electrons. The van der Waals surface area contributed by atoms with Gasteiger partial charge < -0.3 is 44.6 Å². The lowest BCUT2D eigenvalue weighted by atomic mass is 10.0. The van der Waals surface area contributed by atoms with Gasteiger partial charge in [-0.2, -0.15) is 0 Å². The SMILES string of the molecule is COC(=O)N[C@H](C(=O)N1CCC[C@H]1c1ncc(-c2cc(F)c3c(c2)OC(c2ccc(CC4CC4)s2)n2c-3cc3cc(-c4cnc([C@@H]5CCCN5C(=O)[C@@H](NC(=O)OC)C(C)C)[nH]4)ccc32)[nH]1)C(C)C. The Labute approximate surface area is 403 Å². The van der Waals surface area contributed by atoms with Gasteiger partial charge in [-0.05, 0) is 105 Å². The van der Waals surface area contributed by atoms with Gasteiger partial charge >= 0.3 is 12.2 Å². The number of imidazole rings is 2. The van der Waals surface area contributed by atoms with Crippen molar-refractivity contribution >= 4 is 46.2 Å². The third-order valence-corrected chi connectivity index (χ3v) is 15.2. The molecule has 0 bridgehead atoms. The normalized spacial score (nSPS) is 19.6. The molecular formula is C51H58FN9O7S. The number of H-pyrrole nitrogens is 2. The summed E-state index contributed by atoms with van der Waals surface area (Å²) in [4.78, 5) is 74.2. The number of ether oxygens (including phenoxy) is 3. The number of fused-ring (bicyclic) bond motifs is 5. The number of carbonyl (C=O) groups excluding carboxylic acids is 4. The monoisotopic (exact) mass is 959 g/mol. The van der Waals surface area contributed by atoms with Gasteiger partial charge in [0.05, 0.1) is 71.7 Å². The number of likely N-dealkylation sites (tertiary alicyclic amines) is 2. The number of nitrogens with one attached hydrogen (secondary N) is 4. The first kappa shape index (κ1) is 46.1. The average molecular weight is 960 g/mol. The standard InChI is InChI=1S/C51H58FN9O7S/c1-26(2)43(57-50(64)66-5)47(62)59-17-7-9-37(59)45-53-24-34(55-45)29-13-15-36-31(20-29)22-39-42-33(52)21-30(23-40(42)68-49(61(36)39)41-16-14-32(69-41)19-28-11-12-28)35-25-54-46(56-35)38-10-8-18-60(38)48(63)44(27(3)4)58-51(65)67-6/h13-16,20-28,37-38,43-44,49H,7-12,17-19H2,1-6H3,(H,53,55)(H,54,56)(H,57,64)(H,58,65)/t37-,38-,43-,44-,49?/m0/s1. The lowest BCUT2D eigenvalue weighted by Crippen LogP contribution is -2.51. The number of carbonyl (C=O) groups is 4. The van der Waals surface area contributed by atoms with Crippen LogP contribution in [0.2, 0.25) is 0 Å². The van der Waals surface area contributed by atoms with E-state index in [2.05, 4.69) is 43.4 Å². The van der Waals surface area contributed by atoms with Gasteiger partial charge in [0, 0.05) is 34.5 Å². The van der Waals surface area contributed by atoms with Crippen LogP contribution < -0.4 is 15.4 Å². The van der Waals surface area contributed by atoms with Crippen molar-refractivity contribution in [1.82, 2.24) is 44.9 Å². The summed E-state index contributed by atoms with van der Waals surface area (Å²) >= 11 is 1.73. The quantitative estimate of drug-likeness (QED) is 0.0875. The zero-order valence-corrected chi connectivity index (χ0v) is 40.5. The Morgan fingerprint density at radius 2 is 1.38 bits per heavy atom. The molecule has 2 saturated heterocycles. The molecule has 69 heavy (non-hydrogen) atoms. The number of amides is 4. The number of nitrogens with zero attached hydrogens (tertiary/aromatic N) is 5. The zero-order chi connectivity index (χ0) is 48.2. The molecule has 7 heterocycles. The van der Waals surface area contributed by atoms with E-state index in [1.165, 1.54) is 38.0 Å². The number of aromatic amines is 2. The number of hydrogen-bond acceptors (Lipinski definition) is 10. The number of benzene rings is 2. The summed E-state index contributed by atoms with van der Waals surface area (Å²) in [7, 11) is 2.55. The average Bonchev–Trinajstić information content (AvgIpc) is 4.07. The molecule has 0 radical (unpaired) electrons. The number of methoxy groups -OCH3 is 2. The van der Waals surface area contributed by atoms with E-state index in [4.69, 9.17) is 24.2 Å². The van der Waals surface area contributed by atoms with Gasteiger partial charge in [-0.25, -0.2) is 23.9 Å². The van der Waals surface area contributed by atoms with Crippen molar-refractivity contribution in [2.24, 2.45) is 17.8 Å². The highest BCUT2D eigenvalue weighted by Crippen LogP contribution is 2.49. The third-order valence-electron chi connectivity index (χ3n) is 14.0. The molecule has 1 saturated carbocycles. The van der Waals surface area contributed by atoms with Crippen molar-refractivity contribution in [1.29, 1.82) is 0 Å². The number of hydrogen-bond donors (Lipinski definition) is 4. The molecule has 5 atom stereocenters. The fourth-order valence-corrected chi connectivity index (χ4v) is 11.4. The molecule has 3 aliphatic heterocycles. The number of halogens is 1. The van der Waals surface area contributed by atoms with Gasteiger partial charge in [-0.1, -0.05) is 33.8 Å². The number of thiophene rings is 1. The summed E-state index contributed by atoms with van der Waals surface area (Å²) in [5.41, 5.74) is 4.70. The van der Waals surface area contributed by atoms with Crippen molar-refractivity contribution in [2.75, 3.05) is 27.3 Å². The maximum atomic E-state index is 16.9. The predicted molar refractivity (Wildman–Crippen MR) is 258 cm³/mol. The molecule has 4 aromatic heterocycles. The molecule has 0 spiro atoms. The van der Waals surface area contributed by atoms with Gasteiger partial charge in [0.15, 0.2) is 0 Å². The molecule has 4 N–H and O–H groups in total. The summed E-state index contributed by atoms with van der Waals surface area (Å²) in [6.45, 7) is 8.59. The highest BCUT2D eigenvalue weighted by atomic mass is 32.1. The predicted octanol–water partition coefficient (Wildman–Crippen LogP) is 9.27. The number of rotatable bonds is 13. The highest BCUT2D eigenvalue weighted by molar-refractivity contribution is 7.12. The fourth-order valence-electron chi connectivity index (χ4n) is 10.2. The molecule has 16 nitrogen and oxygen atoms in total. The second-order valence-electron chi connectivity index (χ2n) is 19.4. The Morgan fingerprint density at radius 3 is 1.94 bits per heavy atom. The van der Waals surface area contributed by atoms with Crippen molar-refractivity contribution in [2.45, 2.75) is 103 Å². The van der Waals surface area contributed by atoms with Crippen LogP contribution in [-0.4, -0.2) is 97.7 Å². The van der Waals surface area contributed by atoms with Crippen LogP contribution in [0.25, 0.3) is 44.7 Å². The first-order chi connectivity index (χ1) is 33.3. The summed E-state index contributed by atoms with van der Waals surface area (Å²) in [6.07, 6.45) is 8.05. The van der Waals surface area contributed by atoms with E-state index in [1.807, 2.05) is 52.0 Å². The smallest absolute Gasteiger partial charge is 0.407 e. The Balaban J connectivity index is 0.965. The minimum Gasteiger partial charge on any atom is -0.464 e. The van der Waals surface area contributed by atoms with Crippen LogP contribution in [0.1, 0.15) is 106 Å². The second kappa shape index (κ2) is 18.7. The van der Waals surface area contributed by atoms with Gasteiger partial charge in [-0.15, -0.1) is 11.3 Å². The van der Waals surface area contributed by atoms with E-state index in [-0.39, 0.29) is 35.7 Å². The molecule has 1 aliphatic carbocycles. The van der Waals surface area contributed by atoms with Crippen molar-refractivity contribution in [3.05, 3.63) is 88.1 Å². The van der Waals surface area contributed by atoms with Crippen LogP contribution in [0.5, 0.6) is 5.75 Å². The van der Waals surface area contributed by atoms with Crippen LogP contribution >= 0.6 is 11.3 Å². The molecule has 3 fully saturated rings. The Bertz CT molecular complexity index is 2930. The van der Waals surface area contributed by atoms with Crippen molar-refractivity contribution in [3.8, 4) is 39.5 Å². The minimum atomic E-state index is -0.768. The summed E-state index contributed by atoms with van der Waals surface area (Å²) < 4.78 is 35.6. The first-order valence-electron chi connectivity index (χ1n) is 23.9. The van der Waals surface area contributed by atoms with E-state index in [0.29, 0.717) is 65.3 Å². The molecule has 10 rings (SSSR count). The molecule has 4 aliphatic rings. The van der Waals surface area contributed by atoms with E-state index in [9.17, 15) is 19.2 Å². The lowest BCUT2D eigenvalue weighted by Gasteiger charge is -2.30. The van der Waals surface area contributed by atoms with Crippen LogP contribution in [0, 0.1) is 23.6 Å². The maximum absolute atomic E-state index is 16.9. The second-order valence-corrected chi connectivity index (χ2v) is 20.6. The summed E-state index contributed by atoms with van der Waals surface area (Å²) in [6, 6.07) is 13.7. The van der Waals surface area contributed by atoms with Crippen LogP contribution in [0.3, 0.4) is 0 Å². The lowest BCUT2D eigenvalue weighted by molar-refractivity contribution is -0.136. The highest BCUT2D eigenvalue weighted by Gasteiger charge is 2.40. The molecule has 4 amide bonds. The van der Waals surface area contributed by atoms with E-state index in [1.54, 1.807) is 33.5 Å². The van der Waals surface area contributed by atoms with Gasteiger partial charge in [0.2, 0.25) is 18.0 Å². The number of alkyl carbamates (subject to hydrolysis) is 2. The minimum absolute atomic E-state index is 0.150. The zero-order valence-electron chi connectivity index (χ0n) is 39.6. The Kier molecular flexibility index (Phi) is 12.5. The summed E-state index contributed by atoms with van der Waals surface area (Å²) in [5, 5.41) is 6.29. The van der Waals surface area contributed by atoms with Gasteiger partial charge in [0.1, 0.15) is 35.3 Å². The molecule has 2 aromatic carbocycles. The largest absolute Gasteiger partial charge is 0.464 e. The van der Waals surface area contributed by atoms with E-state index in [0.717, 1.165) is 52.7 Å². The van der Waals surface area contributed by atoms with E-state index < -0.39 is 36.3 Å². The Hall–Kier alpha value is -6.69. The topological polar surface area (TPSA) is 189 Å². The third kappa shape index (κ3) is 8.83. The van der Waals surface area contributed by atoms with Crippen molar-refractivity contribution in [3.63, 3.8) is 0 Å². The first-order valence-corrected chi connectivity index (χ1v) is 24.8. The molecule has 18 heteroatoms. The van der Waals surface area contributed by atoms with Crippen molar-refractivity contribution < 1.29 is 37.8 Å². The van der Waals surface area contributed by atoms with E-state index >= 15 is 4.39 Å². The van der Waals surface area contributed by atoms with Gasteiger partial charge in [-0.3, -0.25) is 14.2 Å². The van der Waals surface area contributed by atoms with Crippen LogP contribution in [0.15, 0.2) is 60.9 Å². The van der Waals surface area contributed by atoms with Crippen LogP contribution in [0.4, 0.5) is 14.0 Å². The molecule has 6 aromatic rings. The molecular weight excluding hydrogens is 902 g/mol. The number of aromatic nitrogens is 5. The Morgan fingerprint density at radius 1 is 0.783 bits per heavy atom. The van der Waals surface area contributed by atoms with Gasteiger partial charge in [0.25, 0.3) is 0 Å². The fraction of sp³-hybridized carbons (Fsp3) is 0.451. The maximum Gasteiger partial charge on any atom is 0.407 e.